The molecule has 3 unspecified atom stereocenters. The third kappa shape index (κ3) is 3.75. The Morgan fingerprint density at radius 3 is 2.12 bits per heavy atom. The fourth-order valence-corrected chi connectivity index (χ4v) is 3.72. The Morgan fingerprint density at radius 2 is 1.64 bits per heavy atom. The van der Waals surface area contributed by atoms with Gasteiger partial charge in [-0.1, -0.05) is 12.2 Å². The highest BCUT2D eigenvalue weighted by atomic mass is 16.5. The van der Waals surface area contributed by atoms with Gasteiger partial charge in [-0.15, -0.1) is 0 Å². The second kappa shape index (κ2) is 7.81. The van der Waals surface area contributed by atoms with Gasteiger partial charge in [0.1, 0.15) is 0 Å². The number of fused-ring (bicyclic) bond motifs is 2. The summed E-state index contributed by atoms with van der Waals surface area (Å²) in [6.45, 7) is 7.22. The predicted molar refractivity (Wildman–Crippen MR) is 96.6 cm³/mol. The molecule has 0 heterocycles. The minimum atomic E-state index is -0.0871. The van der Waals surface area contributed by atoms with Crippen LogP contribution in [0.25, 0.3) is 0 Å². The fraction of sp³-hybridized carbons (Fsp3) is 0.550. The summed E-state index contributed by atoms with van der Waals surface area (Å²) in [5, 5.41) is 3.17. The molecule has 0 aliphatic heterocycles. The van der Waals surface area contributed by atoms with Gasteiger partial charge in [0.2, 0.25) is 5.75 Å². The van der Waals surface area contributed by atoms with Crippen molar-refractivity contribution in [2.45, 2.75) is 39.7 Å². The van der Waals surface area contributed by atoms with E-state index in [1.165, 1.54) is 0 Å². The zero-order chi connectivity index (χ0) is 17.8. The third-order valence-electron chi connectivity index (χ3n) is 4.77. The van der Waals surface area contributed by atoms with E-state index >= 15 is 0 Å². The number of allylic oxidation sites excluding steroid dienone is 1. The molecule has 25 heavy (non-hydrogen) atoms. The standard InChI is InChI=1S/C20H27NO4/c1-4-23-17-11-15(12-18(24-5-2)19(17)25-6-3)20(22)21-16-10-13-7-8-14(16)9-13/h7-8,11-14,16H,4-6,9-10H2,1-3H3,(H,21,22). The van der Waals surface area contributed by atoms with Crippen molar-refractivity contribution in [1.29, 1.82) is 0 Å². The van der Waals surface area contributed by atoms with Gasteiger partial charge >= 0.3 is 0 Å². The minimum Gasteiger partial charge on any atom is -0.490 e. The van der Waals surface area contributed by atoms with Gasteiger partial charge in [-0.25, -0.2) is 0 Å². The monoisotopic (exact) mass is 345 g/mol. The smallest absolute Gasteiger partial charge is 0.251 e. The Balaban J connectivity index is 1.83. The lowest BCUT2D eigenvalue weighted by molar-refractivity contribution is 0.0930. The van der Waals surface area contributed by atoms with Crippen LogP contribution in [-0.2, 0) is 0 Å². The Hall–Kier alpha value is -2.17. The first kappa shape index (κ1) is 17.6. The second-order valence-corrected chi connectivity index (χ2v) is 6.46. The topological polar surface area (TPSA) is 56.8 Å². The third-order valence-corrected chi connectivity index (χ3v) is 4.77. The molecule has 136 valence electrons. The van der Waals surface area contributed by atoms with Gasteiger partial charge in [0, 0.05) is 11.6 Å². The first-order valence-electron chi connectivity index (χ1n) is 9.21. The predicted octanol–water partition coefficient (Wildman–Crippen LogP) is 3.58. The molecule has 2 aliphatic rings. The number of nitrogens with one attached hydrogen (secondary N) is 1. The normalized spacial score (nSPS) is 23.6. The Bertz CT molecular complexity index is 628. The molecule has 1 N–H and O–H groups in total. The fourth-order valence-electron chi connectivity index (χ4n) is 3.72. The zero-order valence-corrected chi connectivity index (χ0v) is 15.2. The summed E-state index contributed by atoms with van der Waals surface area (Å²) in [6.07, 6.45) is 6.68. The van der Waals surface area contributed by atoms with Crippen molar-refractivity contribution in [2.24, 2.45) is 11.8 Å². The number of carbonyl (C=O) groups excluding carboxylic acids is 1. The summed E-state index contributed by atoms with van der Waals surface area (Å²) in [5.41, 5.74) is 0.544. The van der Waals surface area contributed by atoms with Gasteiger partial charge in [0.25, 0.3) is 5.91 Å². The Morgan fingerprint density at radius 1 is 1.00 bits per heavy atom. The number of amides is 1. The van der Waals surface area contributed by atoms with Crippen molar-refractivity contribution in [3.8, 4) is 17.2 Å². The van der Waals surface area contributed by atoms with E-state index in [4.69, 9.17) is 14.2 Å². The van der Waals surface area contributed by atoms with Crippen molar-refractivity contribution >= 4 is 5.91 Å². The molecule has 2 bridgehead atoms. The minimum absolute atomic E-state index is 0.0871. The molecule has 1 aromatic rings. The van der Waals surface area contributed by atoms with Gasteiger partial charge in [-0.3, -0.25) is 4.79 Å². The highest BCUT2D eigenvalue weighted by Crippen LogP contribution is 2.41. The van der Waals surface area contributed by atoms with Gasteiger partial charge in [-0.2, -0.15) is 0 Å². The molecule has 1 fully saturated rings. The molecule has 5 nitrogen and oxygen atoms in total. The van der Waals surface area contributed by atoms with Crippen LogP contribution in [0.2, 0.25) is 0 Å². The lowest BCUT2D eigenvalue weighted by atomic mass is 10.0. The number of rotatable bonds is 8. The van der Waals surface area contributed by atoms with E-state index in [9.17, 15) is 4.79 Å². The maximum Gasteiger partial charge on any atom is 0.251 e. The number of benzene rings is 1. The molecule has 1 saturated carbocycles. The lowest BCUT2D eigenvalue weighted by Gasteiger charge is -2.21. The average Bonchev–Trinajstić information content (AvgIpc) is 3.20. The summed E-state index contributed by atoms with van der Waals surface area (Å²) in [4.78, 5) is 12.8. The van der Waals surface area contributed by atoms with Crippen molar-refractivity contribution in [3.63, 3.8) is 0 Å². The number of ether oxygens (including phenoxy) is 3. The van der Waals surface area contributed by atoms with Gasteiger partial charge in [-0.05, 0) is 57.6 Å². The quantitative estimate of drug-likeness (QED) is 0.732. The van der Waals surface area contributed by atoms with E-state index in [-0.39, 0.29) is 11.9 Å². The molecule has 3 atom stereocenters. The second-order valence-electron chi connectivity index (χ2n) is 6.46. The molecule has 0 aromatic heterocycles. The number of hydrogen-bond acceptors (Lipinski definition) is 4. The molecule has 2 aliphatic carbocycles. The van der Waals surface area contributed by atoms with E-state index in [1.54, 1.807) is 12.1 Å². The molecule has 0 saturated heterocycles. The molecule has 1 aromatic carbocycles. The van der Waals surface area contributed by atoms with Crippen LogP contribution >= 0.6 is 0 Å². The van der Waals surface area contributed by atoms with Crippen LogP contribution in [0, 0.1) is 11.8 Å². The molecular formula is C20H27NO4. The lowest BCUT2D eigenvalue weighted by Crippen LogP contribution is -2.37. The summed E-state index contributed by atoms with van der Waals surface area (Å²) >= 11 is 0. The molecular weight excluding hydrogens is 318 g/mol. The Kier molecular flexibility index (Phi) is 5.51. The molecule has 0 radical (unpaired) electrons. The highest BCUT2D eigenvalue weighted by Gasteiger charge is 2.36. The van der Waals surface area contributed by atoms with E-state index in [1.807, 2.05) is 20.8 Å². The van der Waals surface area contributed by atoms with E-state index < -0.39 is 0 Å². The van der Waals surface area contributed by atoms with Gasteiger partial charge in [0.15, 0.2) is 11.5 Å². The van der Waals surface area contributed by atoms with Crippen LogP contribution in [-0.4, -0.2) is 31.8 Å². The Labute approximate surface area is 149 Å². The van der Waals surface area contributed by atoms with Crippen LogP contribution in [0.4, 0.5) is 0 Å². The van der Waals surface area contributed by atoms with Crippen molar-refractivity contribution < 1.29 is 19.0 Å². The first-order chi connectivity index (χ1) is 12.2. The van der Waals surface area contributed by atoms with Crippen molar-refractivity contribution in [1.82, 2.24) is 5.32 Å². The zero-order valence-electron chi connectivity index (χ0n) is 15.2. The van der Waals surface area contributed by atoms with Crippen LogP contribution in [0.3, 0.4) is 0 Å². The van der Waals surface area contributed by atoms with E-state index in [2.05, 4.69) is 17.5 Å². The van der Waals surface area contributed by atoms with E-state index in [0.29, 0.717) is 54.5 Å². The molecule has 1 amide bonds. The highest BCUT2D eigenvalue weighted by molar-refractivity contribution is 5.96. The summed E-state index contributed by atoms with van der Waals surface area (Å²) in [7, 11) is 0. The van der Waals surface area contributed by atoms with Crippen LogP contribution < -0.4 is 19.5 Å². The molecule has 3 rings (SSSR count). The van der Waals surface area contributed by atoms with Crippen LogP contribution in [0.5, 0.6) is 17.2 Å². The summed E-state index contributed by atoms with van der Waals surface area (Å²) < 4.78 is 17.1. The van der Waals surface area contributed by atoms with Crippen molar-refractivity contribution in [2.75, 3.05) is 19.8 Å². The average molecular weight is 345 g/mol. The SMILES string of the molecule is CCOc1cc(C(=O)NC2CC3C=CC2C3)cc(OCC)c1OCC. The van der Waals surface area contributed by atoms with Gasteiger partial charge < -0.3 is 19.5 Å². The number of hydrogen-bond donors (Lipinski definition) is 1. The largest absolute Gasteiger partial charge is 0.490 e. The van der Waals surface area contributed by atoms with Crippen molar-refractivity contribution in [3.05, 3.63) is 29.8 Å². The summed E-state index contributed by atoms with van der Waals surface area (Å²) in [5.74, 6) is 2.66. The summed E-state index contributed by atoms with van der Waals surface area (Å²) in [6, 6.07) is 3.71. The number of carbonyl (C=O) groups is 1. The van der Waals surface area contributed by atoms with Gasteiger partial charge in [0.05, 0.1) is 19.8 Å². The molecule has 5 heteroatoms. The van der Waals surface area contributed by atoms with Crippen LogP contribution in [0.15, 0.2) is 24.3 Å². The molecule has 0 spiro atoms. The first-order valence-corrected chi connectivity index (χ1v) is 9.21. The maximum absolute atomic E-state index is 12.8. The van der Waals surface area contributed by atoms with E-state index in [0.717, 1.165) is 12.8 Å². The maximum atomic E-state index is 12.8. The van der Waals surface area contributed by atoms with Crippen LogP contribution in [0.1, 0.15) is 44.0 Å².